The molecule has 0 bridgehead atoms. The van der Waals surface area contributed by atoms with Gasteiger partial charge in [-0.3, -0.25) is 0 Å². The van der Waals surface area contributed by atoms with Gasteiger partial charge in [-0.2, -0.15) is 39.5 Å². The molecule has 0 N–H and O–H groups in total. The standard InChI is InChI=1S/C81H128F9NO6S4/c1-58(41-52-92-63-30-34-65-59(56-63)26-32-69-67(65)39-43-76(8)61(28-36-71(69)76)24-16-20-48-94-75(6,7)79(82,83)84)38-42-73(2,3)100-98-54-22-14-12-18-50-96-97-51-19-13-15-23-55-99-101-74(4,5)45-46-91(11)47-53-93-64-31-35-66-60(57-64)27-33-70-68(66)40-44-77(9)62(29-37-72(70)77)25-17-21-49-95-78(10,80(85,86)87)81(88,89)90/h30-31,34-35,56-58,61-62,67-72H,12-29,32-33,36-55H2,1-11H3. The lowest BCUT2D eigenvalue weighted by Gasteiger charge is -2.51. The van der Waals surface area contributed by atoms with Crippen LogP contribution in [0.15, 0.2) is 36.4 Å². The van der Waals surface area contributed by atoms with Gasteiger partial charge in [0.25, 0.3) is 5.60 Å². The number of likely N-dealkylation sites (N-methyl/N-ethyl adjacent to an activating group) is 1. The summed E-state index contributed by atoms with van der Waals surface area (Å²) in [6.45, 7) is 23.3. The smallest absolute Gasteiger partial charge is 0.426 e. The first-order valence-electron chi connectivity index (χ1n) is 39.2. The minimum Gasteiger partial charge on any atom is -0.494 e. The Morgan fingerprint density at radius 1 is 0.485 bits per heavy atom. The molecule has 4 saturated carbocycles. The summed E-state index contributed by atoms with van der Waals surface area (Å²) in [5.41, 5.74) is 0.134. The van der Waals surface area contributed by atoms with E-state index in [1.807, 2.05) is 43.2 Å². The summed E-state index contributed by atoms with van der Waals surface area (Å²) in [6, 6.07) is 13.7. The molecule has 6 aliphatic rings. The Kier molecular flexibility index (Phi) is 32.3. The summed E-state index contributed by atoms with van der Waals surface area (Å²) in [6.07, 6.45) is 16.6. The summed E-state index contributed by atoms with van der Waals surface area (Å²) in [5, 5.41) is 0. The van der Waals surface area contributed by atoms with Gasteiger partial charge in [0, 0.05) is 40.8 Å². The van der Waals surface area contributed by atoms with Gasteiger partial charge in [0.05, 0.1) is 19.8 Å². The van der Waals surface area contributed by atoms with Gasteiger partial charge in [-0.25, -0.2) is 9.78 Å². The van der Waals surface area contributed by atoms with E-state index in [1.54, 1.807) is 5.56 Å². The highest BCUT2D eigenvalue weighted by Crippen LogP contribution is 2.66. The van der Waals surface area contributed by atoms with Crippen molar-refractivity contribution in [1.29, 1.82) is 0 Å². The first-order valence-corrected chi connectivity index (χ1v) is 43.8. The number of aryl methyl sites for hydroxylation is 2. The van der Waals surface area contributed by atoms with E-state index in [0.29, 0.717) is 79.5 Å². The van der Waals surface area contributed by atoms with E-state index in [4.69, 9.17) is 24.0 Å². The van der Waals surface area contributed by atoms with Crippen LogP contribution in [0.25, 0.3) is 0 Å². The fourth-order valence-electron chi connectivity index (χ4n) is 18.4. The van der Waals surface area contributed by atoms with Crippen molar-refractivity contribution in [1.82, 2.24) is 4.90 Å². The summed E-state index contributed by atoms with van der Waals surface area (Å²) >= 11 is 0. The van der Waals surface area contributed by atoms with Crippen LogP contribution in [0.3, 0.4) is 0 Å². The highest BCUT2D eigenvalue weighted by Gasteiger charge is 2.69. The summed E-state index contributed by atoms with van der Waals surface area (Å²) < 4.78 is 142. The summed E-state index contributed by atoms with van der Waals surface area (Å²) in [4.78, 5) is 13.4. The van der Waals surface area contributed by atoms with Crippen LogP contribution in [0.5, 0.6) is 11.5 Å². The molecule has 101 heavy (non-hydrogen) atoms. The second-order valence-electron chi connectivity index (χ2n) is 33.9. The van der Waals surface area contributed by atoms with Gasteiger partial charge in [-0.05, 0) is 327 Å². The van der Waals surface area contributed by atoms with Crippen molar-refractivity contribution >= 4 is 43.2 Å². The quantitative estimate of drug-likeness (QED) is 0.0210. The van der Waals surface area contributed by atoms with Crippen molar-refractivity contribution in [2.45, 2.75) is 313 Å². The van der Waals surface area contributed by atoms with Gasteiger partial charge in [0.2, 0.25) is 0 Å². The fraction of sp³-hybridized carbons (Fsp3) is 0.852. The van der Waals surface area contributed by atoms with Crippen molar-refractivity contribution in [2.75, 3.05) is 71.3 Å². The highest BCUT2D eigenvalue weighted by atomic mass is 33.1. The number of unbranched alkanes of at least 4 members (excludes halogenated alkanes) is 8. The van der Waals surface area contributed by atoms with Crippen molar-refractivity contribution < 1.29 is 68.2 Å². The number of halogens is 9. The number of rotatable bonds is 45. The minimum atomic E-state index is -5.53. The number of nitrogens with zero attached hydrogens (tertiary/aromatic N) is 1. The number of benzene rings is 2. The van der Waals surface area contributed by atoms with E-state index in [1.165, 1.54) is 99.5 Å². The minimum absolute atomic E-state index is 0.0862. The zero-order chi connectivity index (χ0) is 73.3. The third-order valence-electron chi connectivity index (χ3n) is 25.3. The number of hydrogen-bond acceptors (Lipinski definition) is 11. The van der Waals surface area contributed by atoms with Crippen LogP contribution in [0.1, 0.15) is 283 Å². The molecule has 0 amide bonds. The topological polar surface area (TPSA) is 58.6 Å². The van der Waals surface area contributed by atoms with E-state index >= 15 is 0 Å². The molecule has 0 aliphatic heterocycles. The maximum absolute atomic E-state index is 13.3. The van der Waals surface area contributed by atoms with Gasteiger partial charge in [-0.1, -0.05) is 115 Å². The normalized spacial score (nSPS) is 25.9. The van der Waals surface area contributed by atoms with Gasteiger partial charge in [0.1, 0.15) is 18.1 Å². The Bertz CT molecular complexity index is 2770. The molecule has 0 saturated heterocycles. The molecular formula is C81H128F9NO6S4. The van der Waals surface area contributed by atoms with Crippen LogP contribution in [-0.2, 0) is 32.1 Å². The Labute approximate surface area is 619 Å². The van der Waals surface area contributed by atoms with E-state index in [2.05, 4.69) is 102 Å². The maximum atomic E-state index is 13.3. The van der Waals surface area contributed by atoms with Gasteiger partial charge < -0.3 is 23.8 Å². The van der Waals surface area contributed by atoms with E-state index in [0.717, 1.165) is 159 Å². The Morgan fingerprint density at radius 3 is 1.43 bits per heavy atom. The Hall–Kier alpha value is -1.39. The average molecular weight is 1510 g/mol. The van der Waals surface area contributed by atoms with E-state index in [9.17, 15) is 39.5 Å². The largest absolute Gasteiger partial charge is 0.494 e. The van der Waals surface area contributed by atoms with Crippen molar-refractivity contribution in [2.24, 2.45) is 52.3 Å². The molecule has 0 radical (unpaired) electrons. The van der Waals surface area contributed by atoms with Crippen LogP contribution in [0.4, 0.5) is 39.5 Å². The molecule has 2 aromatic carbocycles. The number of ether oxygens (including phenoxy) is 4. The van der Waals surface area contributed by atoms with Crippen LogP contribution < -0.4 is 9.47 Å². The Balaban J connectivity index is 0.567. The molecule has 8 rings (SSSR count). The molecular weight excluding hydrogens is 1380 g/mol. The van der Waals surface area contributed by atoms with Crippen LogP contribution >= 0.6 is 43.2 Å². The van der Waals surface area contributed by atoms with Crippen molar-refractivity contribution in [3.05, 3.63) is 58.7 Å². The molecule has 4 fully saturated rings. The molecule has 11 unspecified atom stereocenters. The predicted molar refractivity (Wildman–Crippen MR) is 403 cm³/mol. The number of alkyl halides is 9. The van der Waals surface area contributed by atoms with Gasteiger partial charge in [0.15, 0.2) is 5.60 Å². The van der Waals surface area contributed by atoms with Crippen molar-refractivity contribution in [3.8, 4) is 11.5 Å². The SMILES string of the molecule is CC(CCOc1ccc2c(c1)CCC1C2CCC2(C)C(CCCCOC(C)(C)C(F)(F)F)CCC12)CCC(C)(C)SSCCCCCCOOCCCCCCSSC(C)(C)CCN(C)CCOc1ccc2c(c1)CCC1C2CCC2(C)C(CCCCOC(C)(C(F)(F)F)C(F)(F)F)CCC12. The lowest BCUT2D eigenvalue weighted by molar-refractivity contribution is -0.374. The zero-order valence-corrected chi connectivity index (χ0v) is 66.6. The lowest BCUT2D eigenvalue weighted by atomic mass is 9.54. The van der Waals surface area contributed by atoms with Crippen molar-refractivity contribution in [3.63, 3.8) is 0 Å². The lowest BCUT2D eigenvalue weighted by Crippen LogP contribution is -2.56. The molecule has 7 nitrogen and oxygen atoms in total. The van der Waals surface area contributed by atoms with Crippen LogP contribution in [-0.4, -0.2) is 115 Å². The van der Waals surface area contributed by atoms with Crippen LogP contribution in [0.2, 0.25) is 0 Å². The average Bonchev–Trinajstić information content (AvgIpc) is 1.67. The third-order valence-corrected chi connectivity index (χ3v) is 32.2. The molecule has 11 atom stereocenters. The Morgan fingerprint density at radius 2 is 0.941 bits per heavy atom. The molecule has 20 heteroatoms. The maximum Gasteiger partial charge on any atom is 0.426 e. The highest BCUT2D eigenvalue weighted by molar-refractivity contribution is 8.77. The van der Waals surface area contributed by atoms with Gasteiger partial charge >= 0.3 is 18.5 Å². The van der Waals surface area contributed by atoms with E-state index in [-0.39, 0.29) is 34.9 Å². The first-order chi connectivity index (χ1) is 47.7. The molecule has 0 spiro atoms. The molecule has 6 aliphatic carbocycles. The molecule has 0 heterocycles. The predicted octanol–water partition coefficient (Wildman–Crippen LogP) is 25.2. The number of hydrogen-bond donors (Lipinski definition) is 0. The number of fused-ring (bicyclic) bond motifs is 10. The summed E-state index contributed by atoms with van der Waals surface area (Å²) in [5.74, 6) is 9.74. The molecule has 580 valence electrons. The molecule has 0 aromatic heterocycles. The fourth-order valence-corrected chi connectivity index (χ4v) is 23.9. The van der Waals surface area contributed by atoms with Crippen LogP contribution in [0, 0.1) is 52.3 Å². The summed E-state index contributed by atoms with van der Waals surface area (Å²) in [7, 11) is 10.3. The monoisotopic (exact) mass is 1510 g/mol. The van der Waals surface area contributed by atoms with Gasteiger partial charge in [-0.15, -0.1) is 0 Å². The zero-order valence-electron chi connectivity index (χ0n) is 63.4. The first kappa shape index (κ1) is 85.2. The molecule has 2 aromatic rings. The second-order valence-corrected chi connectivity index (χ2v) is 40.1. The van der Waals surface area contributed by atoms with E-state index < -0.39 is 36.3 Å². The third kappa shape index (κ3) is 23.8. The second kappa shape index (κ2) is 38.3.